The van der Waals surface area contributed by atoms with Crippen LogP contribution in [0.15, 0.2) is 12.1 Å². The second-order valence-electron chi connectivity index (χ2n) is 4.49. The van der Waals surface area contributed by atoms with Crippen molar-refractivity contribution in [3.05, 3.63) is 22.7 Å². The van der Waals surface area contributed by atoms with Gasteiger partial charge in [0.2, 0.25) is 0 Å². The molecule has 1 saturated heterocycles. The lowest BCUT2D eigenvalue weighted by atomic mass is 9.87. The number of nitrogens with two attached hydrogens (primary N) is 1. The number of rotatable bonds is 3. The Morgan fingerprint density at radius 2 is 2.05 bits per heavy atom. The molecule has 6 heteroatoms. The van der Waals surface area contributed by atoms with Crippen LogP contribution in [-0.2, 0) is 4.74 Å². The van der Waals surface area contributed by atoms with Crippen LogP contribution >= 0.6 is 24.0 Å². The highest BCUT2D eigenvalue weighted by Crippen LogP contribution is 2.42. The van der Waals surface area contributed by atoms with Gasteiger partial charge in [0.15, 0.2) is 0 Å². The van der Waals surface area contributed by atoms with Crippen molar-refractivity contribution in [3.63, 3.8) is 0 Å². The van der Waals surface area contributed by atoms with Gasteiger partial charge < -0.3 is 20.3 Å². The molecule has 1 heterocycles. The number of methoxy groups -OCH3 is 1. The minimum absolute atomic E-state index is 0. The van der Waals surface area contributed by atoms with Crippen molar-refractivity contribution < 1.29 is 14.6 Å². The van der Waals surface area contributed by atoms with Crippen molar-refractivity contribution in [2.45, 2.75) is 18.9 Å². The largest absolute Gasteiger partial charge is 0.506 e. The smallest absolute Gasteiger partial charge is 0.142 e. The summed E-state index contributed by atoms with van der Waals surface area (Å²) in [5.74, 6) is 0.878. The predicted octanol–water partition coefficient (Wildman–Crippen LogP) is 2.90. The Morgan fingerprint density at radius 1 is 1.42 bits per heavy atom. The summed E-state index contributed by atoms with van der Waals surface area (Å²) >= 11 is 5.94. The zero-order valence-corrected chi connectivity index (χ0v) is 12.3. The molecule has 0 saturated carbocycles. The molecular weight excluding hydrogens is 289 g/mol. The fourth-order valence-corrected chi connectivity index (χ4v) is 2.54. The van der Waals surface area contributed by atoms with Crippen LogP contribution in [-0.4, -0.2) is 25.4 Å². The third-order valence-electron chi connectivity index (χ3n) is 3.45. The van der Waals surface area contributed by atoms with E-state index in [-0.39, 0.29) is 30.1 Å². The van der Waals surface area contributed by atoms with Gasteiger partial charge in [-0.15, -0.1) is 12.4 Å². The third kappa shape index (κ3) is 3.45. The van der Waals surface area contributed by atoms with Crippen molar-refractivity contribution in [2.75, 3.05) is 20.3 Å². The lowest BCUT2D eigenvalue weighted by Gasteiger charge is -2.29. The number of benzene rings is 1. The van der Waals surface area contributed by atoms with E-state index in [2.05, 4.69) is 0 Å². The zero-order chi connectivity index (χ0) is 13.1. The van der Waals surface area contributed by atoms with Gasteiger partial charge in [0.1, 0.15) is 11.5 Å². The van der Waals surface area contributed by atoms with Gasteiger partial charge in [-0.2, -0.15) is 0 Å². The minimum Gasteiger partial charge on any atom is -0.506 e. The zero-order valence-electron chi connectivity index (χ0n) is 10.8. The van der Waals surface area contributed by atoms with E-state index in [1.165, 1.54) is 0 Å². The van der Waals surface area contributed by atoms with Gasteiger partial charge in [-0.25, -0.2) is 0 Å². The van der Waals surface area contributed by atoms with E-state index in [4.69, 9.17) is 26.8 Å². The lowest BCUT2D eigenvalue weighted by Crippen LogP contribution is -2.27. The van der Waals surface area contributed by atoms with Gasteiger partial charge in [0.25, 0.3) is 0 Å². The van der Waals surface area contributed by atoms with Gasteiger partial charge in [-0.1, -0.05) is 11.6 Å². The molecular formula is C13H19Cl2NO3. The molecule has 0 spiro atoms. The Bertz CT molecular complexity index is 423. The fourth-order valence-electron chi connectivity index (χ4n) is 2.37. The molecule has 2 rings (SSSR count). The van der Waals surface area contributed by atoms with E-state index in [1.807, 2.05) is 0 Å². The van der Waals surface area contributed by atoms with Crippen LogP contribution in [0, 0.1) is 5.92 Å². The highest BCUT2D eigenvalue weighted by Gasteiger charge is 2.27. The van der Waals surface area contributed by atoms with Crippen LogP contribution in [0.3, 0.4) is 0 Å². The Balaban J connectivity index is 0.00000180. The van der Waals surface area contributed by atoms with Gasteiger partial charge in [0, 0.05) is 19.3 Å². The maximum Gasteiger partial charge on any atom is 0.142 e. The van der Waals surface area contributed by atoms with Crippen LogP contribution < -0.4 is 10.5 Å². The molecule has 1 aliphatic rings. The minimum atomic E-state index is -0.289. The summed E-state index contributed by atoms with van der Waals surface area (Å²) in [5, 5.41) is 10.4. The van der Waals surface area contributed by atoms with Crippen molar-refractivity contribution in [2.24, 2.45) is 11.7 Å². The summed E-state index contributed by atoms with van der Waals surface area (Å²) in [5.41, 5.74) is 6.86. The standard InChI is InChI=1S/C13H18ClNO3.ClH/c1-17-10-3-2-9(14)13(16)11(10)12(15)8-4-6-18-7-5-8;/h2-3,8,12,16H,4-7,15H2,1H3;1H/t12-;/m0./s1. The quantitative estimate of drug-likeness (QED) is 0.901. The maximum absolute atomic E-state index is 10.1. The van der Waals surface area contributed by atoms with Crippen LogP contribution in [0.4, 0.5) is 0 Å². The van der Waals surface area contributed by atoms with E-state index >= 15 is 0 Å². The number of hydrogen-bond acceptors (Lipinski definition) is 4. The maximum atomic E-state index is 10.1. The summed E-state index contributed by atoms with van der Waals surface area (Å²) in [6.07, 6.45) is 1.77. The molecule has 0 bridgehead atoms. The molecule has 3 N–H and O–H groups in total. The first-order valence-electron chi connectivity index (χ1n) is 6.03. The van der Waals surface area contributed by atoms with E-state index in [1.54, 1.807) is 19.2 Å². The van der Waals surface area contributed by atoms with E-state index in [0.29, 0.717) is 29.5 Å². The normalized spacial score (nSPS) is 17.6. The molecule has 0 unspecified atom stereocenters. The molecule has 19 heavy (non-hydrogen) atoms. The molecule has 0 aromatic heterocycles. The van der Waals surface area contributed by atoms with Gasteiger partial charge in [0.05, 0.1) is 17.7 Å². The molecule has 1 atom stereocenters. The van der Waals surface area contributed by atoms with Crippen LogP contribution in [0.25, 0.3) is 0 Å². The van der Waals surface area contributed by atoms with Crippen molar-refractivity contribution in [1.29, 1.82) is 0 Å². The monoisotopic (exact) mass is 307 g/mol. The van der Waals surface area contributed by atoms with Crippen molar-refractivity contribution in [1.82, 2.24) is 0 Å². The summed E-state index contributed by atoms with van der Waals surface area (Å²) in [6, 6.07) is 3.05. The number of phenols is 1. The third-order valence-corrected chi connectivity index (χ3v) is 3.76. The molecule has 1 aliphatic heterocycles. The van der Waals surface area contributed by atoms with Crippen LogP contribution in [0.1, 0.15) is 24.4 Å². The first kappa shape index (κ1) is 16.4. The Morgan fingerprint density at radius 3 is 2.63 bits per heavy atom. The number of phenolic OH excluding ortho intramolecular Hbond substituents is 1. The molecule has 0 amide bonds. The molecule has 1 aromatic carbocycles. The van der Waals surface area contributed by atoms with Crippen molar-refractivity contribution >= 4 is 24.0 Å². The predicted molar refractivity (Wildman–Crippen MR) is 77.4 cm³/mol. The Hall–Kier alpha value is -0.680. The molecule has 1 aromatic rings. The van der Waals surface area contributed by atoms with Gasteiger partial charge in [-0.3, -0.25) is 0 Å². The van der Waals surface area contributed by atoms with E-state index < -0.39 is 0 Å². The van der Waals surface area contributed by atoms with E-state index in [9.17, 15) is 5.11 Å². The number of hydrogen-bond donors (Lipinski definition) is 2. The SMILES string of the molecule is COc1ccc(Cl)c(O)c1[C@@H](N)C1CCOCC1.Cl. The molecule has 4 nitrogen and oxygen atoms in total. The summed E-state index contributed by atoms with van der Waals surface area (Å²) < 4.78 is 10.6. The highest BCUT2D eigenvalue weighted by molar-refractivity contribution is 6.32. The fraction of sp³-hybridized carbons (Fsp3) is 0.538. The van der Waals surface area contributed by atoms with Gasteiger partial charge in [-0.05, 0) is 30.9 Å². The molecule has 1 fully saturated rings. The van der Waals surface area contributed by atoms with Crippen LogP contribution in [0.2, 0.25) is 5.02 Å². The average Bonchev–Trinajstić information content (AvgIpc) is 2.42. The Labute approximate surface area is 124 Å². The second kappa shape index (κ2) is 7.20. The molecule has 108 valence electrons. The molecule has 0 aliphatic carbocycles. The van der Waals surface area contributed by atoms with Gasteiger partial charge >= 0.3 is 0 Å². The van der Waals surface area contributed by atoms with Crippen LogP contribution in [0.5, 0.6) is 11.5 Å². The summed E-state index contributed by atoms with van der Waals surface area (Å²) in [4.78, 5) is 0. The number of aromatic hydroxyl groups is 1. The number of halogens is 2. The second-order valence-corrected chi connectivity index (χ2v) is 4.89. The van der Waals surface area contributed by atoms with E-state index in [0.717, 1.165) is 12.8 Å². The topological polar surface area (TPSA) is 64.7 Å². The lowest BCUT2D eigenvalue weighted by molar-refractivity contribution is 0.0578. The summed E-state index contributed by atoms with van der Waals surface area (Å²) in [7, 11) is 1.56. The number of ether oxygens (including phenoxy) is 2. The summed E-state index contributed by atoms with van der Waals surface area (Å²) in [6.45, 7) is 1.42. The first-order chi connectivity index (χ1) is 8.65. The van der Waals surface area contributed by atoms with Crippen molar-refractivity contribution in [3.8, 4) is 11.5 Å². The first-order valence-corrected chi connectivity index (χ1v) is 6.41. The Kier molecular flexibility index (Phi) is 6.20. The average molecular weight is 308 g/mol. The molecule has 0 radical (unpaired) electrons. The highest BCUT2D eigenvalue weighted by atomic mass is 35.5.